The second kappa shape index (κ2) is 5.16. The fourth-order valence-corrected chi connectivity index (χ4v) is 3.64. The van der Waals surface area contributed by atoms with Gasteiger partial charge in [0.1, 0.15) is 0 Å². The number of rotatable bonds is 3. The minimum Gasteiger partial charge on any atom is -0.321 e. The van der Waals surface area contributed by atoms with E-state index in [1.165, 1.54) is 21.6 Å². The normalized spacial score (nSPS) is 14.5. The van der Waals surface area contributed by atoms with E-state index >= 15 is 0 Å². The molecule has 1 heterocycles. The van der Waals surface area contributed by atoms with Crippen LogP contribution in [0.1, 0.15) is 28.5 Å². The lowest BCUT2D eigenvalue weighted by Crippen LogP contribution is -2.35. The highest BCUT2D eigenvalue weighted by Gasteiger charge is 2.23. The molecule has 1 aromatic heterocycles. The first kappa shape index (κ1) is 13.8. The van der Waals surface area contributed by atoms with Crippen molar-refractivity contribution >= 4 is 27.3 Å². The molecule has 0 spiro atoms. The van der Waals surface area contributed by atoms with E-state index in [1.807, 2.05) is 0 Å². The molecule has 0 aliphatic carbocycles. The zero-order chi connectivity index (χ0) is 13.3. The van der Waals surface area contributed by atoms with Crippen molar-refractivity contribution in [2.75, 3.05) is 0 Å². The van der Waals surface area contributed by atoms with Crippen molar-refractivity contribution in [3.63, 3.8) is 0 Å². The zero-order valence-corrected chi connectivity index (χ0v) is 13.4. The van der Waals surface area contributed by atoms with Crippen molar-refractivity contribution in [2.45, 2.75) is 32.7 Å². The molecule has 0 amide bonds. The van der Waals surface area contributed by atoms with Crippen molar-refractivity contribution in [1.29, 1.82) is 0 Å². The third-order valence-electron chi connectivity index (χ3n) is 3.39. The van der Waals surface area contributed by atoms with Crippen LogP contribution in [0.15, 0.2) is 34.1 Å². The van der Waals surface area contributed by atoms with E-state index in [1.54, 1.807) is 11.3 Å². The smallest absolute Gasteiger partial charge is 0.0430 e. The van der Waals surface area contributed by atoms with E-state index in [0.29, 0.717) is 0 Å². The molecule has 0 aliphatic rings. The molecule has 0 fully saturated rings. The molecular weight excluding hydrogens is 306 g/mol. The first-order valence-corrected chi connectivity index (χ1v) is 7.66. The van der Waals surface area contributed by atoms with Crippen LogP contribution in [-0.2, 0) is 12.0 Å². The maximum absolute atomic E-state index is 6.50. The fourth-order valence-electron chi connectivity index (χ4n) is 1.98. The molecule has 2 N–H and O–H groups in total. The maximum Gasteiger partial charge on any atom is 0.0430 e. The van der Waals surface area contributed by atoms with Crippen LogP contribution in [0.3, 0.4) is 0 Å². The minimum atomic E-state index is -0.328. The van der Waals surface area contributed by atoms with Crippen LogP contribution < -0.4 is 5.73 Å². The van der Waals surface area contributed by atoms with Crippen LogP contribution in [0.4, 0.5) is 0 Å². The Hall–Kier alpha value is -0.640. The van der Waals surface area contributed by atoms with Gasteiger partial charge >= 0.3 is 0 Å². The molecule has 1 nitrogen and oxygen atoms in total. The number of halogens is 1. The van der Waals surface area contributed by atoms with Crippen molar-refractivity contribution in [2.24, 2.45) is 5.73 Å². The summed E-state index contributed by atoms with van der Waals surface area (Å²) in [5.74, 6) is 0. The Morgan fingerprint density at radius 2 is 1.94 bits per heavy atom. The third-order valence-corrected chi connectivity index (χ3v) is 5.31. The highest BCUT2D eigenvalue weighted by atomic mass is 79.9. The van der Waals surface area contributed by atoms with Gasteiger partial charge in [-0.25, -0.2) is 0 Å². The quantitative estimate of drug-likeness (QED) is 0.881. The number of nitrogens with two attached hydrogens (primary N) is 1. The average molecular weight is 324 g/mol. The van der Waals surface area contributed by atoms with E-state index < -0.39 is 0 Å². The molecular formula is C15H18BrNS. The molecule has 1 unspecified atom stereocenters. The van der Waals surface area contributed by atoms with Crippen LogP contribution in [0.2, 0.25) is 0 Å². The van der Waals surface area contributed by atoms with Gasteiger partial charge in [0.05, 0.1) is 0 Å². The van der Waals surface area contributed by atoms with Gasteiger partial charge < -0.3 is 5.73 Å². The van der Waals surface area contributed by atoms with Crippen LogP contribution in [0, 0.1) is 13.8 Å². The number of thiophene rings is 1. The molecule has 1 atom stereocenters. The van der Waals surface area contributed by atoms with Gasteiger partial charge in [-0.3, -0.25) is 0 Å². The van der Waals surface area contributed by atoms with Crippen LogP contribution in [0.5, 0.6) is 0 Å². The molecule has 96 valence electrons. The second-order valence-electron chi connectivity index (χ2n) is 5.08. The average Bonchev–Trinajstić information content (AvgIpc) is 2.67. The Labute approximate surface area is 121 Å². The minimum absolute atomic E-state index is 0.328. The first-order valence-electron chi connectivity index (χ1n) is 5.98. The SMILES string of the molecule is Cc1ccc(C(C)(N)Cc2sccc2Br)cc1C. The fraction of sp³-hybridized carbons (Fsp3) is 0.333. The molecule has 18 heavy (non-hydrogen) atoms. The van der Waals surface area contributed by atoms with Crippen LogP contribution in [0.25, 0.3) is 0 Å². The summed E-state index contributed by atoms with van der Waals surface area (Å²) in [5.41, 5.74) is 9.99. The summed E-state index contributed by atoms with van der Waals surface area (Å²) in [7, 11) is 0. The van der Waals surface area contributed by atoms with E-state index in [2.05, 4.69) is 66.3 Å². The predicted octanol–water partition coefficient (Wildman–Crippen LogP) is 4.54. The molecule has 0 bridgehead atoms. The standard InChI is InChI=1S/C15H18BrNS/c1-10-4-5-12(8-11(10)2)15(3,17)9-14-13(16)6-7-18-14/h4-8H,9,17H2,1-3H3. The maximum atomic E-state index is 6.50. The highest BCUT2D eigenvalue weighted by Crippen LogP contribution is 2.31. The van der Waals surface area contributed by atoms with Gasteiger partial charge in [-0.2, -0.15) is 0 Å². The summed E-state index contributed by atoms with van der Waals surface area (Å²) < 4.78 is 1.16. The topological polar surface area (TPSA) is 26.0 Å². The van der Waals surface area contributed by atoms with Crippen LogP contribution in [-0.4, -0.2) is 0 Å². The van der Waals surface area contributed by atoms with Crippen molar-refractivity contribution in [3.8, 4) is 0 Å². The Morgan fingerprint density at radius 1 is 1.22 bits per heavy atom. The lowest BCUT2D eigenvalue weighted by atomic mass is 9.87. The van der Waals surface area contributed by atoms with E-state index in [4.69, 9.17) is 5.73 Å². The summed E-state index contributed by atoms with van der Waals surface area (Å²) in [6.07, 6.45) is 0.855. The molecule has 1 aromatic carbocycles. The van der Waals surface area contributed by atoms with E-state index in [-0.39, 0.29) is 5.54 Å². The zero-order valence-electron chi connectivity index (χ0n) is 11.0. The number of aryl methyl sites for hydroxylation is 2. The monoisotopic (exact) mass is 323 g/mol. The van der Waals surface area contributed by atoms with Crippen molar-refractivity contribution in [3.05, 3.63) is 55.7 Å². The highest BCUT2D eigenvalue weighted by molar-refractivity contribution is 9.10. The summed E-state index contributed by atoms with van der Waals surface area (Å²) >= 11 is 5.32. The molecule has 0 radical (unpaired) electrons. The predicted molar refractivity (Wildman–Crippen MR) is 83.2 cm³/mol. The molecule has 2 rings (SSSR count). The summed E-state index contributed by atoms with van der Waals surface area (Å²) in [6, 6.07) is 8.58. The molecule has 3 heteroatoms. The van der Waals surface area contributed by atoms with Crippen molar-refractivity contribution in [1.82, 2.24) is 0 Å². The first-order chi connectivity index (χ1) is 8.40. The molecule has 0 saturated heterocycles. The summed E-state index contributed by atoms with van der Waals surface area (Å²) in [5, 5.41) is 2.09. The van der Waals surface area contributed by atoms with Gasteiger partial charge in [-0.1, -0.05) is 18.2 Å². The molecule has 0 aliphatic heterocycles. The van der Waals surface area contributed by atoms with Gasteiger partial charge in [0.2, 0.25) is 0 Å². The van der Waals surface area contributed by atoms with Gasteiger partial charge in [-0.15, -0.1) is 11.3 Å². The number of hydrogen-bond donors (Lipinski definition) is 1. The van der Waals surface area contributed by atoms with Gasteiger partial charge in [0.25, 0.3) is 0 Å². The Balaban J connectivity index is 2.30. The largest absolute Gasteiger partial charge is 0.321 e. The van der Waals surface area contributed by atoms with Gasteiger partial charge in [0, 0.05) is 21.3 Å². The lowest BCUT2D eigenvalue weighted by Gasteiger charge is -2.26. The Kier molecular flexibility index (Phi) is 3.95. The lowest BCUT2D eigenvalue weighted by molar-refractivity contribution is 0.494. The van der Waals surface area contributed by atoms with E-state index in [9.17, 15) is 0 Å². The number of hydrogen-bond acceptors (Lipinski definition) is 2. The Bertz CT molecular complexity index is 557. The van der Waals surface area contributed by atoms with Crippen LogP contribution >= 0.6 is 27.3 Å². The van der Waals surface area contributed by atoms with Gasteiger partial charge in [0.15, 0.2) is 0 Å². The number of benzene rings is 1. The second-order valence-corrected chi connectivity index (χ2v) is 6.94. The molecule has 0 saturated carbocycles. The summed E-state index contributed by atoms with van der Waals surface area (Å²) in [4.78, 5) is 1.30. The van der Waals surface area contributed by atoms with Crippen molar-refractivity contribution < 1.29 is 0 Å². The molecule has 2 aromatic rings. The van der Waals surface area contributed by atoms with Gasteiger partial charge in [-0.05, 0) is 64.8 Å². The Morgan fingerprint density at radius 3 is 2.50 bits per heavy atom. The third kappa shape index (κ3) is 2.85. The summed E-state index contributed by atoms with van der Waals surface area (Å²) in [6.45, 7) is 6.36. The van der Waals surface area contributed by atoms with E-state index in [0.717, 1.165) is 10.9 Å².